The lowest BCUT2D eigenvalue weighted by atomic mass is 10.2. The van der Waals surface area contributed by atoms with Gasteiger partial charge in [0.2, 0.25) is 0 Å². The standard InChI is InChI=1S/C12H12FN5O/c1-7-2-3-9(16-6-7)17-12(19)8-4-5-15-11(18-14)10(8)13/h2-6H,14H2,1H3,(H,15,18)(H,16,17,19). The van der Waals surface area contributed by atoms with Crippen LogP contribution in [-0.4, -0.2) is 15.9 Å². The SMILES string of the molecule is Cc1ccc(NC(=O)c2ccnc(NN)c2F)nc1. The monoisotopic (exact) mass is 261 g/mol. The fraction of sp³-hybridized carbons (Fsp3) is 0.0833. The van der Waals surface area contributed by atoms with E-state index in [0.717, 1.165) is 5.56 Å². The van der Waals surface area contributed by atoms with Gasteiger partial charge < -0.3 is 10.7 Å². The van der Waals surface area contributed by atoms with Crippen LogP contribution in [-0.2, 0) is 0 Å². The van der Waals surface area contributed by atoms with Gasteiger partial charge in [0.15, 0.2) is 11.6 Å². The third kappa shape index (κ3) is 2.83. The molecular weight excluding hydrogens is 249 g/mol. The van der Waals surface area contributed by atoms with E-state index in [1.165, 1.54) is 12.3 Å². The minimum atomic E-state index is -0.811. The molecule has 0 atom stereocenters. The number of nitrogens with one attached hydrogen (secondary N) is 2. The first-order valence-electron chi connectivity index (χ1n) is 5.47. The van der Waals surface area contributed by atoms with Crippen molar-refractivity contribution in [1.29, 1.82) is 0 Å². The average molecular weight is 261 g/mol. The Morgan fingerprint density at radius 3 is 2.74 bits per heavy atom. The molecule has 1 amide bonds. The van der Waals surface area contributed by atoms with Gasteiger partial charge in [0.1, 0.15) is 5.82 Å². The summed E-state index contributed by atoms with van der Waals surface area (Å²) >= 11 is 0. The molecule has 0 saturated carbocycles. The third-order valence-electron chi connectivity index (χ3n) is 2.42. The lowest BCUT2D eigenvalue weighted by Crippen LogP contribution is -2.18. The Morgan fingerprint density at radius 1 is 1.32 bits per heavy atom. The van der Waals surface area contributed by atoms with E-state index < -0.39 is 11.7 Å². The number of aromatic nitrogens is 2. The largest absolute Gasteiger partial charge is 0.306 e. The van der Waals surface area contributed by atoms with Gasteiger partial charge in [-0.3, -0.25) is 4.79 Å². The number of nitrogens with two attached hydrogens (primary N) is 1. The van der Waals surface area contributed by atoms with Crippen molar-refractivity contribution in [3.63, 3.8) is 0 Å². The van der Waals surface area contributed by atoms with Crippen LogP contribution in [0.25, 0.3) is 0 Å². The summed E-state index contributed by atoms with van der Waals surface area (Å²) in [5, 5.41) is 2.49. The number of hydrazine groups is 1. The van der Waals surface area contributed by atoms with Crippen LogP contribution in [0.4, 0.5) is 16.0 Å². The molecule has 0 aliphatic carbocycles. The summed E-state index contributed by atoms with van der Waals surface area (Å²) in [5.41, 5.74) is 2.88. The molecule has 19 heavy (non-hydrogen) atoms. The van der Waals surface area contributed by atoms with Crippen LogP contribution in [0.15, 0.2) is 30.6 Å². The summed E-state index contributed by atoms with van der Waals surface area (Å²) in [5.74, 6) is 3.82. The van der Waals surface area contributed by atoms with Crippen LogP contribution in [0.3, 0.4) is 0 Å². The molecule has 0 radical (unpaired) electrons. The van der Waals surface area contributed by atoms with Gasteiger partial charge in [0, 0.05) is 12.4 Å². The topological polar surface area (TPSA) is 92.9 Å². The minimum Gasteiger partial charge on any atom is -0.306 e. The molecule has 2 rings (SSSR count). The number of nitrogens with zero attached hydrogens (tertiary/aromatic N) is 2. The zero-order chi connectivity index (χ0) is 13.8. The molecule has 2 heterocycles. The van der Waals surface area contributed by atoms with E-state index in [9.17, 15) is 9.18 Å². The van der Waals surface area contributed by atoms with Gasteiger partial charge in [-0.15, -0.1) is 0 Å². The molecule has 0 fully saturated rings. The molecular formula is C12H12FN5O. The summed E-state index contributed by atoms with van der Waals surface area (Å²) in [4.78, 5) is 19.6. The van der Waals surface area contributed by atoms with E-state index in [2.05, 4.69) is 20.7 Å². The molecule has 2 aromatic rings. The number of carbonyl (C=O) groups is 1. The average Bonchev–Trinajstić information content (AvgIpc) is 2.41. The van der Waals surface area contributed by atoms with Gasteiger partial charge >= 0.3 is 0 Å². The normalized spacial score (nSPS) is 10.1. The van der Waals surface area contributed by atoms with Gasteiger partial charge in [-0.05, 0) is 24.6 Å². The number of nitrogen functional groups attached to an aromatic ring is 1. The van der Waals surface area contributed by atoms with Crippen LogP contribution in [0.1, 0.15) is 15.9 Å². The molecule has 6 nitrogen and oxygen atoms in total. The number of hydrogen-bond acceptors (Lipinski definition) is 5. The van der Waals surface area contributed by atoms with Crippen LogP contribution >= 0.6 is 0 Å². The summed E-state index contributed by atoms with van der Waals surface area (Å²) in [6, 6.07) is 4.69. The molecule has 98 valence electrons. The fourth-order valence-corrected chi connectivity index (χ4v) is 1.45. The van der Waals surface area contributed by atoms with Crippen molar-refractivity contribution in [3.05, 3.63) is 47.5 Å². The first kappa shape index (κ1) is 12.9. The van der Waals surface area contributed by atoms with E-state index in [-0.39, 0.29) is 11.4 Å². The molecule has 0 aromatic carbocycles. The van der Waals surface area contributed by atoms with Crippen LogP contribution in [0, 0.1) is 12.7 Å². The highest BCUT2D eigenvalue weighted by Gasteiger charge is 2.15. The maximum atomic E-state index is 13.8. The highest BCUT2D eigenvalue weighted by Crippen LogP contribution is 2.15. The van der Waals surface area contributed by atoms with Gasteiger partial charge in [-0.2, -0.15) is 0 Å². The van der Waals surface area contributed by atoms with Crippen molar-refractivity contribution in [2.24, 2.45) is 5.84 Å². The first-order valence-corrected chi connectivity index (χ1v) is 5.47. The molecule has 4 N–H and O–H groups in total. The summed E-state index contributed by atoms with van der Waals surface area (Å²) in [7, 11) is 0. The summed E-state index contributed by atoms with van der Waals surface area (Å²) in [6.07, 6.45) is 2.89. The molecule has 0 saturated heterocycles. The second-order valence-electron chi connectivity index (χ2n) is 3.84. The quantitative estimate of drug-likeness (QED) is 0.574. The van der Waals surface area contributed by atoms with E-state index in [1.807, 2.05) is 6.92 Å². The third-order valence-corrected chi connectivity index (χ3v) is 2.42. The van der Waals surface area contributed by atoms with Crippen molar-refractivity contribution >= 4 is 17.5 Å². The molecule has 0 unspecified atom stereocenters. The Hall–Kier alpha value is -2.54. The number of hydrogen-bond donors (Lipinski definition) is 3. The highest BCUT2D eigenvalue weighted by atomic mass is 19.1. The number of amides is 1. The van der Waals surface area contributed by atoms with Gasteiger partial charge in [0.05, 0.1) is 5.56 Å². The molecule has 0 aliphatic rings. The number of anilines is 2. The summed E-state index contributed by atoms with van der Waals surface area (Å²) < 4.78 is 13.8. The van der Waals surface area contributed by atoms with E-state index >= 15 is 0 Å². The predicted octanol–water partition coefficient (Wildman–Crippen LogP) is 1.46. The number of aryl methyl sites for hydroxylation is 1. The Kier molecular flexibility index (Phi) is 3.67. The Morgan fingerprint density at radius 2 is 2.11 bits per heavy atom. The second kappa shape index (κ2) is 5.40. The minimum absolute atomic E-state index is 0.162. The van der Waals surface area contributed by atoms with Crippen LogP contribution in [0.2, 0.25) is 0 Å². The van der Waals surface area contributed by atoms with Crippen LogP contribution in [0.5, 0.6) is 0 Å². The van der Waals surface area contributed by atoms with Crippen molar-refractivity contribution in [2.75, 3.05) is 10.7 Å². The predicted molar refractivity (Wildman–Crippen MR) is 68.9 cm³/mol. The van der Waals surface area contributed by atoms with Crippen molar-refractivity contribution in [3.8, 4) is 0 Å². The number of pyridine rings is 2. The smallest absolute Gasteiger partial charge is 0.259 e. The van der Waals surface area contributed by atoms with Gasteiger partial charge in [0.25, 0.3) is 5.91 Å². The number of halogens is 1. The molecule has 0 aliphatic heterocycles. The second-order valence-corrected chi connectivity index (χ2v) is 3.84. The van der Waals surface area contributed by atoms with Crippen molar-refractivity contribution in [1.82, 2.24) is 9.97 Å². The Balaban J connectivity index is 2.23. The maximum Gasteiger partial charge on any atom is 0.259 e. The van der Waals surface area contributed by atoms with E-state index in [0.29, 0.717) is 5.82 Å². The number of carbonyl (C=O) groups excluding carboxylic acids is 1. The summed E-state index contributed by atoms with van der Waals surface area (Å²) in [6.45, 7) is 1.88. The Bertz CT molecular complexity index is 600. The van der Waals surface area contributed by atoms with Gasteiger partial charge in [-0.25, -0.2) is 20.2 Å². The van der Waals surface area contributed by atoms with Crippen molar-refractivity contribution < 1.29 is 9.18 Å². The molecule has 7 heteroatoms. The van der Waals surface area contributed by atoms with Gasteiger partial charge in [-0.1, -0.05) is 6.07 Å². The van der Waals surface area contributed by atoms with E-state index in [4.69, 9.17) is 5.84 Å². The highest BCUT2D eigenvalue weighted by molar-refractivity contribution is 6.04. The van der Waals surface area contributed by atoms with E-state index in [1.54, 1.807) is 18.3 Å². The molecule has 2 aromatic heterocycles. The fourth-order valence-electron chi connectivity index (χ4n) is 1.45. The maximum absolute atomic E-state index is 13.8. The number of rotatable bonds is 3. The van der Waals surface area contributed by atoms with Crippen molar-refractivity contribution in [2.45, 2.75) is 6.92 Å². The Labute approximate surface area is 108 Å². The lowest BCUT2D eigenvalue weighted by molar-refractivity contribution is 0.102. The zero-order valence-corrected chi connectivity index (χ0v) is 10.1. The lowest BCUT2D eigenvalue weighted by Gasteiger charge is -2.07. The zero-order valence-electron chi connectivity index (χ0n) is 10.1. The first-order chi connectivity index (χ1) is 9.11. The molecule has 0 bridgehead atoms. The van der Waals surface area contributed by atoms with Crippen LogP contribution < -0.4 is 16.6 Å². The molecule has 0 spiro atoms.